The number of likely N-dealkylation sites (N-methyl/N-ethyl adjacent to an activating group) is 1. The van der Waals surface area contributed by atoms with Crippen molar-refractivity contribution in [1.82, 2.24) is 4.90 Å². The molecule has 0 N–H and O–H groups in total. The number of carbonyl (C=O) groups is 1. The van der Waals surface area contributed by atoms with Gasteiger partial charge < -0.3 is 4.74 Å². The van der Waals surface area contributed by atoms with Gasteiger partial charge in [-0.2, -0.15) is 0 Å². The first-order valence-electron chi connectivity index (χ1n) is 6.42. The van der Waals surface area contributed by atoms with Crippen molar-refractivity contribution in [2.45, 2.75) is 32.4 Å². The molecule has 0 saturated carbocycles. The quantitative estimate of drug-likeness (QED) is 0.696. The zero-order chi connectivity index (χ0) is 13.5. The summed E-state index contributed by atoms with van der Waals surface area (Å²) < 4.78 is 5.25. The molecular formula is C15H23NO2. The van der Waals surface area contributed by atoms with E-state index >= 15 is 0 Å². The molecule has 0 aliphatic rings. The summed E-state index contributed by atoms with van der Waals surface area (Å²) >= 11 is 0. The minimum Gasteiger partial charge on any atom is -0.380 e. The number of rotatable bonds is 7. The number of hydrogen-bond acceptors (Lipinski definition) is 3. The summed E-state index contributed by atoms with van der Waals surface area (Å²) in [5, 5.41) is 0. The van der Waals surface area contributed by atoms with Crippen LogP contribution in [-0.4, -0.2) is 43.5 Å². The summed E-state index contributed by atoms with van der Waals surface area (Å²) in [4.78, 5) is 14.5. The fourth-order valence-electron chi connectivity index (χ4n) is 2.10. The lowest BCUT2D eigenvalue weighted by atomic mass is 10.0. The SMILES string of the molecule is CCC(C(=O)c1ccccc1)N(C)CC(C)OC. The first kappa shape index (κ1) is 14.9. The van der Waals surface area contributed by atoms with Gasteiger partial charge >= 0.3 is 0 Å². The van der Waals surface area contributed by atoms with Gasteiger partial charge in [-0.1, -0.05) is 37.3 Å². The molecule has 2 atom stereocenters. The highest BCUT2D eigenvalue weighted by molar-refractivity contribution is 6.00. The molecule has 1 rings (SSSR count). The number of benzene rings is 1. The van der Waals surface area contributed by atoms with Gasteiger partial charge in [-0.25, -0.2) is 0 Å². The van der Waals surface area contributed by atoms with Crippen LogP contribution in [0.2, 0.25) is 0 Å². The first-order chi connectivity index (χ1) is 8.60. The summed E-state index contributed by atoms with van der Waals surface area (Å²) in [6, 6.07) is 9.39. The Labute approximate surface area is 110 Å². The lowest BCUT2D eigenvalue weighted by Gasteiger charge is -2.28. The van der Waals surface area contributed by atoms with E-state index in [0.717, 1.165) is 18.5 Å². The first-order valence-corrected chi connectivity index (χ1v) is 6.42. The Hall–Kier alpha value is -1.19. The van der Waals surface area contributed by atoms with Crippen LogP contribution in [0.3, 0.4) is 0 Å². The largest absolute Gasteiger partial charge is 0.380 e. The molecule has 1 aromatic carbocycles. The van der Waals surface area contributed by atoms with E-state index in [9.17, 15) is 4.79 Å². The second-order valence-electron chi connectivity index (χ2n) is 4.64. The Morgan fingerprint density at radius 1 is 1.33 bits per heavy atom. The smallest absolute Gasteiger partial charge is 0.179 e. The fourth-order valence-corrected chi connectivity index (χ4v) is 2.10. The van der Waals surface area contributed by atoms with Crippen LogP contribution < -0.4 is 0 Å². The second-order valence-corrected chi connectivity index (χ2v) is 4.64. The third-order valence-electron chi connectivity index (χ3n) is 3.23. The van der Waals surface area contributed by atoms with E-state index in [1.165, 1.54) is 0 Å². The van der Waals surface area contributed by atoms with Crippen LogP contribution in [0.25, 0.3) is 0 Å². The Balaban J connectivity index is 2.74. The number of Topliss-reactive ketones (excluding diaryl/α,β-unsaturated/α-hetero) is 1. The van der Waals surface area contributed by atoms with E-state index < -0.39 is 0 Å². The van der Waals surface area contributed by atoms with Crippen LogP contribution in [0, 0.1) is 0 Å². The van der Waals surface area contributed by atoms with E-state index in [-0.39, 0.29) is 17.9 Å². The zero-order valence-electron chi connectivity index (χ0n) is 11.7. The molecule has 0 heterocycles. The maximum absolute atomic E-state index is 12.4. The molecule has 100 valence electrons. The maximum atomic E-state index is 12.4. The van der Waals surface area contributed by atoms with Gasteiger partial charge in [-0.05, 0) is 20.4 Å². The van der Waals surface area contributed by atoms with E-state index in [2.05, 4.69) is 4.90 Å². The van der Waals surface area contributed by atoms with Crippen molar-refractivity contribution in [3.8, 4) is 0 Å². The molecule has 0 aliphatic carbocycles. The third kappa shape index (κ3) is 3.93. The zero-order valence-corrected chi connectivity index (χ0v) is 11.7. The number of hydrogen-bond donors (Lipinski definition) is 0. The second kappa shape index (κ2) is 7.29. The van der Waals surface area contributed by atoms with Gasteiger partial charge in [0.1, 0.15) is 0 Å². The van der Waals surface area contributed by atoms with E-state index in [4.69, 9.17) is 4.74 Å². The van der Waals surface area contributed by atoms with Crippen molar-refractivity contribution in [2.75, 3.05) is 20.7 Å². The monoisotopic (exact) mass is 249 g/mol. The number of nitrogens with zero attached hydrogens (tertiary/aromatic N) is 1. The molecule has 0 spiro atoms. The average molecular weight is 249 g/mol. The predicted molar refractivity (Wildman–Crippen MR) is 74.0 cm³/mol. The molecule has 3 nitrogen and oxygen atoms in total. The van der Waals surface area contributed by atoms with Crippen molar-refractivity contribution in [1.29, 1.82) is 0 Å². The Morgan fingerprint density at radius 3 is 2.44 bits per heavy atom. The molecule has 0 aromatic heterocycles. The fraction of sp³-hybridized carbons (Fsp3) is 0.533. The van der Waals surface area contributed by atoms with Crippen molar-refractivity contribution in [2.24, 2.45) is 0 Å². The molecule has 0 aliphatic heterocycles. The third-order valence-corrected chi connectivity index (χ3v) is 3.23. The molecule has 0 bridgehead atoms. The van der Waals surface area contributed by atoms with E-state index in [0.29, 0.717) is 0 Å². The highest BCUT2D eigenvalue weighted by Gasteiger charge is 2.23. The van der Waals surface area contributed by atoms with Crippen LogP contribution in [-0.2, 0) is 4.74 Å². The molecule has 0 saturated heterocycles. The standard InChI is InChI=1S/C15H23NO2/c1-5-14(16(3)11-12(2)18-4)15(17)13-9-7-6-8-10-13/h6-10,12,14H,5,11H2,1-4H3. The summed E-state index contributed by atoms with van der Waals surface area (Å²) in [5.41, 5.74) is 0.779. The number of methoxy groups -OCH3 is 1. The minimum absolute atomic E-state index is 0.0787. The molecule has 2 unspecified atom stereocenters. The molecule has 0 fully saturated rings. The van der Waals surface area contributed by atoms with Crippen molar-refractivity contribution in [3.05, 3.63) is 35.9 Å². The Morgan fingerprint density at radius 2 is 1.94 bits per heavy atom. The normalized spacial score (nSPS) is 14.5. The van der Waals surface area contributed by atoms with Gasteiger partial charge in [0.05, 0.1) is 12.1 Å². The van der Waals surface area contributed by atoms with Crippen molar-refractivity contribution < 1.29 is 9.53 Å². The predicted octanol–water partition coefficient (Wildman–Crippen LogP) is 2.61. The van der Waals surface area contributed by atoms with Crippen molar-refractivity contribution in [3.63, 3.8) is 0 Å². The molecular weight excluding hydrogens is 226 g/mol. The average Bonchev–Trinajstić information content (AvgIpc) is 2.40. The number of ketones is 1. The lowest BCUT2D eigenvalue weighted by molar-refractivity contribution is 0.0606. The molecule has 0 radical (unpaired) electrons. The topological polar surface area (TPSA) is 29.5 Å². The van der Waals surface area contributed by atoms with Crippen LogP contribution in [0.4, 0.5) is 0 Å². The van der Waals surface area contributed by atoms with Gasteiger partial charge in [0, 0.05) is 19.2 Å². The van der Waals surface area contributed by atoms with Crippen molar-refractivity contribution >= 4 is 5.78 Å². The highest BCUT2D eigenvalue weighted by atomic mass is 16.5. The van der Waals surface area contributed by atoms with Gasteiger partial charge in [0.15, 0.2) is 5.78 Å². The Bertz CT molecular complexity index is 364. The molecule has 3 heteroatoms. The van der Waals surface area contributed by atoms with Crippen LogP contribution in [0.5, 0.6) is 0 Å². The lowest BCUT2D eigenvalue weighted by Crippen LogP contribution is -2.42. The summed E-state index contributed by atoms with van der Waals surface area (Å²) in [7, 11) is 3.67. The number of ether oxygens (including phenoxy) is 1. The van der Waals surface area contributed by atoms with Gasteiger partial charge in [-0.3, -0.25) is 9.69 Å². The van der Waals surface area contributed by atoms with Gasteiger partial charge in [-0.15, -0.1) is 0 Å². The number of carbonyl (C=O) groups excluding carboxylic acids is 1. The van der Waals surface area contributed by atoms with Gasteiger partial charge in [0.2, 0.25) is 0 Å². The summed E-state index contributed by atoms with van der Waals surface area (Å²) in [5.74, 6) is 0.184. The van der Waals surface area contributed by atoms with Crippen LogP contribution >= 0.6 is 0 Å². The highest BCUT2D eigenvalue weighted by Crippen LogP contribution is 2.12. The minimum atomic E-state index is -0.0787. The maximum Gasteiger partial charge on any atom is 0.179 e. The van der Waals surface area contributed by atoms with E-state index in [1.807, 2.05) is 51.2 Å². The summed E-state index contributed by atoms with van der Waals surface area (Å²) in [6.45, 7) is 4.81. The van der Waals surface area contributed by atoms with E-state index in [1.54, 1.807) is 7.11 Å². The summed E-state index contributed by atoms with van der Waals surface area (Å²) in [6.07, 6.45) is 0.938. The van der Waals surface area contributed by atoms with Gasteiger partial charge in [0.25, 0.3) is 0 Å². The molecule has 0 amide bonds. The molecule has 18 heavy (non-hydrogen) atoms. The van der Waals surface area contributed by atoms with Crippen LogP contribution in [0.1, 0.15) is 30.6 Å². The molecule has 1 aromatic rings. The van der Waals surface area contributed by atoms with Crippen LogP contribution in [0.15, 0.2) is 30.3 Å². The Kier molecular flexibility index (Phi) is 6.02.